The van der Waals surface area contributed by atoms with Gasteiger partial charge in [-0.3, -0.25) is 4.79 Å². The van der Waals surface area contributed by atoms with Crippen LogP contribution in [0.15, 0.2) is 18.2 Å². The minimum atomic E-state index is -4.40. The summed E-state index contributed by atoms with van der Waals surface area (Å²) in [6, 6.07) is 2.68. The third-order valence-corrected chi connectivity index (χ3v) is 2.65. The summed E-state index contributed by atoms with van der Waals surface area (Å²) in [6.07, 6.45) is -4.00. The molecule has 0 saturated heterocycles. The van der Waals surface area contributed by atoms with Gasteiger partial charge in [0.1, 0.15) is 6.04 Å². The summed E-state index contributed by atoms with van der Waals surface area (Å²) in [5.41, 5.74) is 5.29. The van der Waals surface area contributed by atoms with Crippen LogP contribution in [0, 0.1) is 6.92 Å². The van der Waals surface area contributed by atoms with E-state index in [1.807, 2.05) is 0 Å². The number of primary amides is 1. The molecule has 1 rings (SSSR count). The van der Waals surface area contributed by atoms with E-state index >= 15 is 0 Å². The molecule has 0 radical (unpaired) electrons. The Hall–Kier alpha value is -1.72. The molecule has 0 spiro atoms. The van der Waals surface area contributed by atoms with Crippen LogP contribution in [0.3, 0.4) is 0 Å². The minimum Gasteiger partial charge on any atom is -0.373 e. The van der Waals surface area contributed by atoms with Crippen LogP contribution in [0.5, 0.6) is 0 Å². The van der Waals surface area contributed by atoms with Crippen molar-refractivity contribution in [1.29, 1.82) is 0 Å². The molecule has 1 unspecified atom stereocenters. The van der Waals surface area contributed by atoms with Gasteiger partial charge in [-0.1, -0.05) is 13.0 Å². The zero-order valence-corrected chi connectivity index (χ0v) is 10.1. The highest BCUT2D eigenvalue weighted by molar-refractivity contribution is 5.83. The SMILES string of the molecule is CCC(Nc1cc(C(F)(F)F)ccc1C)C(N)=O. The summed E-state index contributed by atoms with van der Waals surface area (Å²) in [4.78, 5) is 11.1. The lowest BCUT2D eigenvalue weighted by Gasteiger charge is -2.18. The first-order chi connectivity index (χ1) is 8.25. The van der Waals surface area contributed by atoms with Crippen molar-refractivity contribution < 1.29 is 18.0 Å². The molecule has 0 aromatic heterocycles. The predicted octanol–water partition coefficient (Wildman–Crippen LogP) is 2.69. The molecule has 1 atom stereocenters. The van der Waals surface area contributed by atoms with Gasteiger partial charge in [0.15, 0.2) is 0 Å². The van der Waals surface area contributed by atoms with Gasteiger partial charge in [-0.15, -0.1) is 0 Å². The first-order valence-corrected chi connectivity index (χ1v) is 5.49. The smallest absolute Gasteiger partial charge is 0.373 e. The van der Waals surface area contributed by atoms with E-state index in [1.54, 1.807) is 13.8 Å². The number of nitrogens with one attached hydrogen (secondary N) is 1. The van der Waals surface area contributed by atoms with Gasteiger partial charge in [0.05, 0.1) is 5.56 Å². The van der Waals surface area contributed by atoms with Gasteiger partial charge in [0.2, 0.25) is 5.91 Å². The van der Waals surface area contributed by atoms with Crippen LogP contribution in [0.4, 0.5) is 18.9 Å². The summed E-state index contributed by atoms with van der Waals surface area (Å²) < 4.78 is 37.7. The zero-order valence-electron chi connectivity index (χ0n) is 10.1. The van der Waals surface area contributed by atoms with Crippen molar-refractivity contribution >= 4 is 11.6 Å². The molecular weight excluding hydrogens is 245 g/mol. The third kappa shape index (κ3) is 3.38. The number of carbonyl (C=O) groups is 1. The average Bonchev–Trinajstić information content (AvgIpc) is 2.25. The zero-order chi connectivity index (χ0) is 13.9. The van der Waals surface area contributed by atoms with E-state index in [9.17, 15) is 18.0 Å². The van der Waals surface area contributed by atoms with Crippen molar-refractivity contribution in [2.75, 3.05) is 5.32 Å². The van der Waals surface area contributed by atoms with Crippen LogP contribution in [0.2, 0.25) is 0 Å². The number of nitrogens with two attached hydrogens (primary N) is 1. The summed E-state index contributed by atoms with van der Waals surface area (Å²) in [5, 5.41) is 2.73. The standard InChI is InChI=1S/C12H15F3N2O/c1-3-9(11(16)18)17-10-6-8(12(13,14)15)5-4-7(10)2/h4-6,9,17H,3H2,1-2H3,(H2,16,18). The average molecular weight is 260 g/mol. The molecule has 3 nitrogen and oxygen atoms in total. The van der Waals surface area contributed by atoms with E-state index in [0.29, 0.717) is 12.0 Å². The van der Waals surface area contributed by atoms with Gasteiger partial charge in [-0.2, -0.15) is 13.2 Å². The van der Waals surface area contributed by atoms with Gasteiger partial charge in [0, 0.05) is 5.69 Å². The van der Waals surface area contributed by atoms with Crippen molar-refractivity contribution in [2.24, 2.45) is 5.73 Å². The number of carbonyl (C=O) groups excluding carboxylic acids is 1. The molecule has 3 N–H and O–H groups in total. The summed E-state index contributed by atoms with van der Waals surface area (Å²) in [7, 11) is 0. The van der Waals surface area contributed by atoms with Gasteiger partial charge in [-0.25, -0.2) is 0 Å². The molecule has 1 aromatic carbocycles. The number of hydrogen-bond acceptors (Lipinski definition) is 2. The number of halogens is 3. The first-order valence-electron chi connectivity index (χ1n) is 5.49. The Bertz CT molecular complexity index is 443. The number of hydrogen-bond donors (Lipinski definition) is 2. The predicted molar refractivity (Wildman–Crippen MR) is 63.1 cm³/mol. The molecule has 1 aromatic rings. The highest BCUT2D eigenvalue weighted by Crippen LogP contribution is 2.32. The fourth-order valence-corrected chi connectivity index (χ4v) is 1.52. The molecule has 0 heterocycles. The van der Waals surface area contributed by atoms with E-state index < -0.39 is 23.7 Å². The van der Waals surface area contributed by atoms with Gasteiger partial charge >= 0.3 is 6.18 Å². The monoisotopic (exact) mass is 260 g/mol. The van der Waals surface area contributed by atoms with Crippen LogP contribution in [0.25, 0.3) is 0 Å². The van der Waals surface area contributed by atoms with E-state index in [0.717, 1.165) is 12.1 Å². The highest BCUT2D eigenvalue weighted by Gasteiger charge is 2.31. The van der Waals surface area contributed by atoms with Gasteiger partial charge in [0.25, 0.3) is 0 Å². The summed E-state index contributed by atoms with van der Waals surface area (Å²) >= 11 is 0. The molecule has 100 valence electrons. The summed E-state index contributed by atoms with van der Waals surface area (Å²) in [5.74, 6) is -0.589. The first kappa shape index (κ1) is 14.3. The lowest BCUT2D eigenvalue weighted by atomic mass is 10.1. The normalized spacial score (nSPS) is 13.2. The lowest BCUT2D eigenvalue weighted by molar-refractivity contribution is -0.137. The Labute approximate surface area is 103 Å². The van der Waals surface area contributed by atoms with Crippen LogP contribution in [-0.2, 0) is 11.0 Å². The van der Waals surface area contributed by atoms with Crippen LogP contribution >= 0.6 is 0 Å². The minimum absolute atomic E-state index is 0.274. The van der Waals surface area contributed by atoms with Crippen molar-refractivity contribution in [3.05, 3.63) is 29.3 Å². The van der Waals surface area contributed by atoms with Crippen molar-refractivity contribution in [2.45, 2.75) is 32.5 Å². The Balaban J connectivity index is 3.05. The Morgan fingerprint density at radius 2 is 2.06 bits per heavy atom. The molecule has 0 aliphatic rings. The van der Waals surface area contributed by atoms with Crippen molar-refractivity contribution in [3.8, 4) is 0 Å². The second-order valence-corrected chi connectivity index (χ2v) is 4.04. The fourth-order valence-electron chi connectivity index (χ4n) is 1.52. The van der Waals surface area contributed by atoms with E-state index in [4.69, 9.17) is 5.73 Å². The number of alkyl halides is 3. The second kappa shape index (κ2) is 5.29. The van der Waals surface area contributed by atoms with Crippen LogP contribution < -0.4 is 11.1 Å². The molecule has 0 aliphatic heterocycles. The van der Waals surface area contributed by atoms with Crippen LogP contribution in [0.1, 0.15) is 24.5 Å². The molecule has 18 heavy (non-hydrogen) atoms. The molecule has 0 saturated carbocycles. The largest absolute Gasteiger partial charge is 0.416 e. The Morgan fingerprint density at radius 1 is 1.44 bits per heavy atom. The van der Waals surface area contributed by atoms with Crippen molar-refractivity contribution in [1.82, 2.24) is 0 Å². The quantitative estimate of drug-likeness (QED) is 0.874. The Kier molecular flexibility index (Phi) is 4.21. The molecule has 6 heteroatoms. The van der Waals surface area contributed by atoms with E-state index in [1.165, 1.54) is 6.07 Å². The molecule has 0 fully saturated rings. The lowest BCUT2D eigenvalue weighted by Crippen LogP contribution is -2.35. The Morgan fingerprint density at radius 3 is 2.50 bits per heavy atom. The van der Waals surface area contributed by atoms with E-state index in [-0.39, 0.29) is 5.69 Å². The number of amides is 1. The number of rotatable bonds is 4. The van der Waals surface area contributed by atoms with Gasteiger partial charge < -0.3 is 11.1 Å². The van der Waals surface area contributed by atoms with Gasteiger partial charge in [-0.05, 0) is 31.0 Å². The topological polar surface area (TPSA) is 55.1 Å². The molecular formula is C12H15F3N2O. The van der Waals surface area contributed by atoms with Crippen LogP contribution in [-0.4, -0.2) is 11.9 Å². The number of aryl methyl sites for hydroxylation is 1. The third-order valence-electron chi connectivity index (χ3n) is 2.65. The maximum atomic E-state index is 12.6. The summed E-state index contributed by atoms with van der Waals surface area (Å²) in [6.45, 7) is 3.39. The molecule has 0 bridgehead atoms. The highest BCUT2D eigenvalue weighted by atomic mass is 19.4. The van der Waals surface area contributed by atoms with Crippen molar-refractivity contribution in [3.63, 3.8) is 0 Å². The second-order valence-electron chi connectivity index (χ2n) is 4.04. The fraction of sp³-hybridized carbons (Fsp3) is 0.417. The molecule has 1 amide bonds. The maximum Gasteiger partial charge on any atom is 0.416 e. The number of anilines is 1. The molecule has 0 aliphatic carbocycles. The number of benzene rings is 1. The van der Waals surface area contributed by atoms with E-state index in [2.05, 4.69) is 5.32 Å². The maximum absolute atomic E-state index is 12.6.